The number of nitrogens with one attached hydrogen (secondary N) is 2. The van der Waals surface area contributed by atoms with Crippen molar-refractivity contribution in [2.24, 2.45) is 0 Å². The molecule has 5 nitrogen and oxygen atoms in total. The molecule has 0 spiro atoms. The third kappa shape index (κ3) is 3.81. The molecule has 2 N–H and O–H groups in total. The summed E-state index contributed by atoms with van der Waals surface area (Å²) in [5.41, 5.74) is 2.78. The molecule has 1 saturated heterocycles. The van der Waals surface area contributed by atoms with E-state index in [0.717, 1.165) is 36.5 Å². The highest BCUT2D eigenvalue weighted by atomic mass is 16.2. The molecule has 1 saturated carbocycles. The number of piperidine rings is 1. The summed E-state index contributed by atoms with van der Waals surface area (Å²) >= 11 is 0. The third-order valence-corrected chi connectivity index (χ3v) is 6.54. The fourth-order valence-corrected chi connectivity index (χ4v) is 4.78. The zero-order chi connectivity index (χ0) is 18.7. The second-order valence-corrected chi connectivity index (χ2v) is 8.24. The van der Waals surface area contributed by atoms with Crippen LogP contribution in [0.2, 0.25) is 0 Å². The molecule has 3 rings (SSSR count). The van der Waals surface area contributed by atoms with Gasteiger partial charge in [-0.05, 0) is 58.4 Å². The quantitative estimate of drug-likeness (QED) is 0.870. The first-order valence-corrected chi connectivity index (χ1v) is 10.3. The van der Waals surface area contributed by atoms with Gasteiger partial charge in [0.1, 0.15) is 11.9 Å². The molecule has 1 unspecified atom stereocenters. The maximum atomic E-state index is 12.8. The number of carbonyl (C=O) groups excluding carboxylic acids is 1. The summed E-state index contributed by atoms with van der Waals surface area (Å²) in [6.45, 7) is 7.89. The van der Waals surface area contributed by atoms with Crippen LogP contribution in [0.3, 0.4) is 0 Å². The van der Waals surface area contributed by atoms with E-state index < -0.39 is 0 Å². The molecule has 1 aliphatic heterocycles. The van der Waals surface area contributed by atoms with E-state index in [1.165, 1.54) is 43.4 Å². The number of carbonyl (C=O) groups is 1. The van der Waals surface area contributed by atoms with Gasteiger partial charge >= 0.3 is 0 Å². The van der Waals surface area contributed by atoms with Crippen LogP contribution in [0.5, 0.6) is 0 Å². The summed E-state index contributed by atoms with van der Waals surface area (Å²) in [5, 5.41) is 12.8. The average molecular weight is 358 g/mol. The normalized spacial score (nSPS) is 24.2. The van der Waals surface area contributed by atoms with E-state index in [2.05, 4.69) is 29.8 Å². The number of nitriles is 1. The van der Waals surface area contributed by atoms with Crippen molar-refractivity contribution in [3.8, 4) is 6.07 Å². The van der Waals surface area contributed by atoms with E-state index in [1.54, 1.807) is 0 Å². The summed E-state index contributed by atoms with van der Waals surface area (Å²) in [5.74, 6) is 0.781. The van der Waals surface area contributed by atoms with Gasteiger partial charge in [-0.3, -0.25) is 4.79 Å². The molecule has 142 valence electrons. The SMILES string of the molecule is Cc1c(C#N)c(NC(=O)C[NH+]2CCCC[C@H]2C)n(C2CCCCC2)c1C. The lowest BCUT2D eigenvalue weighted by Gasteiger charge is -2.30. The summed E-state index contributed by atoms with van der Waals surface area (Å²) < 4.78 is 2.25. The summed E-state index contributed by atoms with van der Waals surface area (Å²) in [6.07, 6.45) is 9.69. The highest BCUT2D eigenvalue weighted by molar-refractivity contribution is 5.92. The number of rotatable bonds is 4. The lowest BCUT2D eigenvalue weighted by Crippen LogP contribution is -3.17. The van der Waals surface area contributed by atoms with Crippen molar-refractivity contribution in [2.75, 3.05) is 18.4 Å². The lowest BCUT2D eigenvalue weighted by atomic mass is 9.95. The van der Waals surface area contributed by atoms with Gasteiger partial charge in [0, 0.05) is 11.7 Å². The molecular weight excluding hydrogens is 324 g/mol. The molecule has 5 heteroatoms. The van der Waals surface area contributed by atoms with Crippen molar-refractivity contribution in [2.45, 2.75) is 84.2 Å². The Labute approximate surface area is 157 Å². The van der Waals surface area contributed by atoms with E-state index in [1.807, 2.05) is 6.92 Å². The molecule has 0 bridgehead atoms. The summed E-state index contributed by atoms with van der Waals surface area (Å²) in [6, 6.07) is 3.28. The van der Waals surface area contributed by atoms with E-state index >= 15 is 0 Å². The minimum absolute atomic E-state index is 0.0415. The van der Waals surface area contributed by atoms with Crippen molar-refractivity contribution in [1.29, 1.82) is 5.26 Å². The maximum Gasteiger partial charge on any atom is 0.280 e. The van der Waals surface area contributed by atoms with E-state index in [4.69, 9.17) is 0 Å². The molecule has 0 aromatic carbocycles. The smallest absolute Gasteiger partial charge is 0.280 e. The van der Waals surface area contributed by atoms with Crippen molar-refractivity contribution in [3.05, 3.63) is 16.8 Å². The summed E-state index contributed by atoms with van der Waals surface area (Å²) in [7, 11) is 0. The Bertz CT molecular complexity index is 694. The highest BCUT2D eigenvalue weighted by Crippen LogP contribution is 2.36. The minimum Gasteiger partial charge on any atom is -0.327 e. The third-order valence-electron chi connectivity index (χ3n) is 6.54. The molecule has 1 aliphatic carbocycles. The van der Waals surface area contributed by atoms with Crippen LogP contribution in [-0.4, -0.2) is 29.6 Å². The fourth-order valence-electron chi connectivity index (χ4n) is 4.78. The van der Waals surface area contributed by atoms with Crippen LogP contribution in [0.15, 0.2) is 0 Å². The zero-order valence-corrected chi connectivity index (χ0v) is 16.5. The standard InChI is InChI=1S/C21H32N4O/c1-15-9-7-8-12-24(15)14-20(26)23-21-19(13-22)16(2)17(3)25(21)18-10-5-4-6-11-18/h15,18H,4-12,14H2,1-3H3,(H,23,26)/p+1/t15-/m1/s1. The van der Waals surface area contributed by atoms with Crippen LogP contribution in [-0.2, 0) is 4.79 Å². The first-order valence-electron chi connectivity index (χ1n) is 10.3. The van der Waals surface area contributed by atoms with Gasteiger partial charge in [0.25, 0.3) is 5.91 Å². The van der Waals surface area contributed by atoms with Gasteiger partial charge in [0.05, 0.1) is 18.2 Å². The monoisotopic (exact) mass is 357 g/mol. The molecule has 1 aromatic rings. The Balaban J connectivity index is 1.82. The maximum absolute atomic E-state index is 12.8. The Morgan fingerprint density at radius 1 is 1.19 bits per heavy atom. The van der Waals surface area contributed by atoms with Gasteiger partial charge in [-0.25, -0.2) is 0 Å². The van der Waals surface area contributed by atoms with Crippen LogP contribution in [0.1, 0.15) is 81.2 Å². The van der Waals surface area contributed by atoms with Crippen LogP contribution < -0.4 is 10.2 Å². The van der Waals surface area contributed by atoms with E-state index in [0.29, 0.717) is 24.2 Å². The first-order chi connectivity index (χ1) is 12.5. The van der Waals surface area contributed by atoms with Crippen LogP contribution in [0, 0.1) is 25.2 Å². The van der Waals surface area contributed by atoms with Crippen molar-refractivity contribution in [1.82, 2.24) is 4.57 Å². The van der Waals surface area contributed by atoms with Crippen molar-refractivity contribution < 1.29 is 9.69 Å². The molecule has 2 atom stereocenters. The molecule has 2 heterocycles. The van der Waals surface area contributed by atoms with Gasteiger partial charge in [0.15, 0.2) is 6.54 Å². The summed E-state index contributed by atoms with van der Waals surface area (Å²) in [4.78, 5) is 14.2. The molecule has 2 fully saturated rings. The highest BCUT2D eigenvalue weighted by Gasteiger charge is 2.28. The molecule has 1 amide bonds. The first kappa shape index (κ1) is 19.0. The Kier molecular flexibility index (Phi) is 6.03. The largest absolute Gasteiger partial charge is 0.327 e. The van der Waals surface area contributed by atoms with Gasteiger partial charge in [0.2, 0.25) is 0 Å². The number of hydrogen-bond donors (Lipinski definition) is 2. The predicted octanol–water partition coefficient (Wildman–Crippen LogP) is 2.88. The van der Waals surface area contributed by atoms with E-state index in [9.17, 15) is 10.1 Å². The number of quaternary nitrogens is 1. The minimum atomic E-state index is 0.0415. The number of amides is 1. The zero-order valence-electron chi connectivity index (χ0n) is 16.5. The number of likely N-dealkylation sites (tertiary alicyclic amines) is 1. The van der Waals surface area contributed by atoms with Gasteiger partial charge in [-0.1, -0.05) is 19.3 Å². The lowest BCUT2D eigenvalue weighted by molar-refractivity contribution is -0.920. The Morgan fingerprint density at radius 3 is 2.54 bits per heavy atom. The average Bonchev–Trinajstić information content (AvgIpc) is 2.87. The molecular formula is C21H33N4O+. The Hall–Kier alpha value is -1.80. The van der Waals surface area contributed by atoms with Crippen molar-refractivity contribution >= 4 is 11.7 Å². The van der Waals surface area contributed by atoms with Gasteiger partial charge in [-0.2, -0.15) is 5.26 Å². The Morgan fingerprint density at radius 2 is 1.88 bits per heavy atom. The van der Waals surface area contributed by atoms with Crippen molar-refractivity contribution in [3.63, 3.8) is 0 Å². The predicted molar refractivity (Wildman–Crippen MR) is 103 cm³/mol. The number of anilines is 1. The van der Waals surface area contributed by atoms with Crippen LogP contribution >= 0.6 is 0 Å². The number of nitrogens with zero attached hydrogens (tertiary/aromatic N) is 2. The molecule has 26 heavy (non-hydrogen) atoms. The van der Waals surface area contributed by atoms with E-state index in [-0.39, 0.29) is 5.91 Å². The van der Waals surface area contributed by atoms with Crippen LogP contribution in [0.4, 0.5) is 5.82 Å². The number of aromatic nitrogens is 1. The molecule has 1 aromatic heterocycles. The molecule has 2 aliphatic rings. The second kappa shape index (κ2) is 8.26. The van der Waals surface area contributed by atoms with Crippen LogP contribution in [0.25, 0.3) is 0 Å². The van der Waals surface area contributed by atoms with Gasteiger partial charge < -0.3 is 14.8 Å². The van der Waals surface area contributed by atoms with Gasteiger partial charge in [-0.15, -0.1) is 0 Å². The number of hydrogen-bond acceptors (Lipinski definition) is 2. The molecule has 0 radical (unpaired) electrons. The second-order valence-electron chi connectivity index (χ2n) is 8.24. The fraction of sp³-hybridized carbons (Fsp3) is 0.714. The topological polar surface area (TPSA) is 62.3 Å².